The van der Waals surface area contributed by atoms with Gasteiger partial charge in [-0.05, 0) is 24.3 Å². The van der Waals surface area contributed by atoms with Crippen LogP contribution in [0.4, 0.5) is 5.69 Å². The molecule has 0 amide bonds. The summed E-state index contributed by atoms with van der Waals surface area (Å²) in [4.78, 5) is 2.23. The van der Waals surface area contributed by atoms with E-state index >= 15 is 0 Å². The lowest BCUT2D eigenvalue weighted by Gasteiger charge is -2.30. The number of anilines is 1. The Morgan fingerprint density at radius 3 is 2.40 bits per heavy atom. The molecule has 1 N–H and O–H groups in total. The fourth-order valence-corrected chi connectivity index (χ4v) is 3.32. The van der Waals surface area contributed by atoms with Crippen molar-refractivity contribution in [1.82, 2.24) is 10.3 Å². The van der Waals surface area contributed by atoms with E-state index in [0.29, 0.717) is 4.90 Å². The van der Waals surface area contributed by atoms with Crippen molar-refractivity contribution in [3.8, 4) is 0 Å². The molecule has 0 saturated carbocycles. The minimum Gasteiger partial charge on any atom is -0.344 e. The van der Waals surface area contributed by atoms with Crippen molar-refractivity contribution in [3.63, 3.8) is 0 Å². The average Bonchev–Trinajstić information content (AvgIpc) is 3.08. The van der Waals surface area contributed by atoms with Gasteiger partial charge in [0.1, 0.15) is 5.82 Å². The molecule has 0 bridgehead atoms. The number of amidine groups is 1. The van der Waals surface area contributed by atoms with Gasteiger partial charge in [-0.2, -0.15) is 0 Å². The molecule has 126 valence electrons. The van der Waals surface area contributed by atoms with Gasteiger partial charge in [-0.15, -0.1) is 5.10 Å². The van der Waals surface area contributed by atoms with Gasteiger partial charge in [0.25, 0.3) is 0 Å². The van der Waals surface area contributed by atoms with E-state index in [0.717, 1.165) is 22.9 Å². The lowest BCUT2D eigenvalue weighted by Crippen LogP contribution is -2.35. The van der Waals surface area contributed by atoms with E-state index in [1.807, 2.05) is 53.8 Å². The minimum absolute atomic E-state index is 0.293. The Morgan fingerprint density at radius 1 is 1.00 bits per heavy atom. The Labute approximate surface area is 146 Å². The number of hydrazone groups is 1. The summed E-state index contributed by atoms with van der Waals surface area (Å²) in [6.45, 7) is 0. The minimum atomic E-state index is -3.22. The van der Waals surface area contributed by atoms with E-state index in [-0.39, 0.29) is 0 Å². The lowest BCUT2D eigenvalue weighted by atomic mass is 10.1. The van der Waals surface area contributed by atoms with Gasteiger partial charge < -0.3 is 5.32 Å². The van der Waals surface area contributed by atoms with Crippen LogP contribution < -0.4 is 10.2 Å². The first-order chi connectivity index (χ1) is 12.0. The maximum absolute atomic E-state index is 11.7. The Balaban J connectivity index is 1.78. The number of hydrogen-bond acceptors (Lipinski definition) is 6. The molecule has 0 spiro atoms. The summed E-state index contributed by atoms with van der Waals surface area (Å²) in [5.41, 5.74) is 1.79. The number of rotatable bonds is 3. The molecule has 2 aliphatic rings. The van der Waals surface area contributed by atoms with Crippen LogP contribution >= 0.6 is 0 Å². The molecule has 7 heteroatoms. The molecule has 0 radical (unpaired) electrons. The first kappa shape index (κ1) is 15.5. The fraction of sp³-hybridized carbons (Fsp3) is 0.0556. The predicted octanol–water partition coefficient (Wildman–Crippen LogP) is 2.45. The van der Waals surface area contributed by atoms with Crippen molar-refractivity contribution in [1.29, 1.82) is 0 Å². The highest BCUT2D eigenvalue weighted by Gasteiger charge is 2.24. The third-order valence-electron chi connectivity index (χ3n) is 3.95. The molecule has 0 saturated heterocycles. The Bertz CT molecular complexity index is 993. The molecule has 25 heavy (non-hydrogen) atoms. The summed E-state index contributed by atoms with van der Waals surface area (Å²) in [6.07, 6.45) is 6.80. The summed E-state index contributed by atoms with van der Waals surface area (Å²) in [7, 11) is -3.22. The van der Waals surface area contributed by atoms with Gasteiger partial charge in [-0.3, -0.25) is 4.90 Å². The average molecular weight is 352 g/mol. The fourth-order valence-electron chi connectivity index (χ4n) is 2.69. The Kier molecular flexibility index (Phi) is 3.58. The third kappa shape index (κ3) is 2.89. The molecule has 0 aliphatic carbocycles. The van der Waals surface area contributed by atoms with Crippen LogP contribution in [-0.2, 0) is 9.84 Å². The molecule has 2 aliphatic heterocycles. The smallest absolute Gasteiger partial charge is 0.175 e. The standard InChI is InChI=1S/C18H16N4O2S/c1-25(23,24)16-9-7-15(8-10-16)21-13-17-19-11-12-22(17)20-18(21)14-5-3-2-4-6-14/h2-13,19H,1H3. The van der Waals surface area contributed by atoms with Gasteiger partial charge in [0, 0.05) is 29.9 Å². The van der Waals surface area contributed by atoms with Crippen molar-refractivity contribution in [2.45, 2.75) is 4.90 Å². The molecule has 0 fully saturated rings. The summed E-state index contributed by atoms with van der Waals surface area (Å²) < 4.78 is 23.4. The first-order valence-electron chi connectivity index (χ1n) is 7.70. The van der Waals surface area contributed by atoms with E-state index < -0.39 is 9.84 Å². The Hall–Kier alpha value is -3.06. The van der Waals surface area contributed by atoms with Crippen LogP contribution in [0, 0.1) is 0 Å². The summed E-state index contributed by atoms with van der Waals surface area (Å²) in [6, 6.07) is 16.6. The van der Waals surface area contributed by atoms with Crippen LogP contribution in [0.1, 0.15) is 5.56 Å². The number of fused-ring (bicyclic) bond motifs is 1. The van der Waals surface area contributed by atoms with Gasteiger partial charge in [0.2, 0.25) is 0 Å². The number of sulfone groups is 1. The van der Waals surface area contributed by atoms with Crippen LogP contribution in [0.5, 0.6) is 0 Å². The quantitative estimate of drug-likeness (QED) is 0.919. The molecule has 2 heterocycles. The molecule has 4 rings (SSSR count). The highest BCUT2D eigenvalue weighted by Crippen LogP contribution is 2.26. The highest BCUT2D eigenvalue weighted by atomic mass is 32.2. The van der Waals surface area contributed by atoms with Gasteiger partial charge in [-0.25, -0.2) is 13.4 Å². The lowest BCUT2D eigenvalue weighted by molar-refractivity contribution is 0.489. The van der Waals surface area contributed by atoms with Crippen molar-refractivity contribution in [2.75, 3.05) is 11.2 Å². The van der Waals surface area contributed by atoms with E-state index in [1.165, 1.54) is 6.26 Å². The van der Waals surface area contributed by atoms with Crippen LogP contribution in [0.2, 0.25) is 0 Å². The van der Waals surface area contributed by atoms with Crippen LogP contribution in [0.25, 0.3) is 0 Å². The molecule has 0 aromatic heterocycles. The van der Waals surface area contributed by atoms with E-state index in [9.17, 15) is 8.42 Å². The van der Waals surface area contributed by atoms with Crippen molar-refractivity contribution in [3.05, 3.63) is 84.6 Å². The molecular formula is C18H16N4O2S. The maximum Gasteiger partial charge on any atom is 0.175 e. The van der Waals surface area contributed by atoms with Crippen LogP contribution in [0.3, 0.4) is 0 Å². The van der Waals surface area contributed by atoms with Crippen molar-refractivity contribution < 1.29 is 8.42 Å². The first-order valence-corrected chi connectivity index (χ1v) is 9.59. The Morgan fingerprint density at radius 2 is 1.72 bits per heavy atom. The summed E-state index contributed by atoms with van der Waals surface area (Å²) in [5.74, 6) is 1.58. The van der Waals surface area contributed by atoms with Crippen molar-refractivity contribution >= 4 is 21.4 Å². The monoisotopic (exact) mass is 352 g/mol. The number of nitrogens with zero attached hydrogens (tertiary/aromatic N) is 3. The summed E-state index contributed by atoms with van der Waals surface area (Å²) in [5, 5.41) is 9.58. The van der Waals surface area contributed by atoms with Crippen molar-refractivity contribution in [2.24, 2.45) is 5.10 Å². The van der Waals surface area contributed by atoms with Gasteiger partial charge in [0.15, 0.2) is 15.7 Å². The van der Waals surface area contributed by atoms with E-state index in [1.54, 1.807) is 29.3 Å². The maximum atomic E-state index is 11.7. The second-order valence-electron chi connectivity index (χ2n) is 5.74. The number of nitrogens with one attached hydrogen (secondary N) is 1. The molecule has 0 atom stereocenters. The largest absolute Gasteiger partial charge is 0.344 e. The SMILES string of the molecule is CS(=O)(=O)c1ccc(N2C=C3NC=CN3N=C2c2ccccc2)cc1. The zero-order valence-corrected chi connectivity index (χ0v) is 14.3. The number of hydrogen-bond donors (Lipinski definition) is 1. The molecular weight excluding hydrogens is 336 g/mol. The van der Waals surface area contributed by atoms with E-state index in [2.05, 4.69) is 10.4 Å². The van der Waals surface area contributed by atoms with E-state index in [4.69, 9.17) is 0 Å². The molecule has 2 aromatic carbocycles. The van der Waals surface area contributed by atoms with Crippen LogP contribution in [-0.4, -0.2) is 25.5 Å². The normalized spacial score (nSPS) is 16.2. The number of benzene rings is 2. The zero-order chi connectivity index (χ0) is 17.4. The summed E-state index contributed by atoms with van der Waals surface area (Å²) >= 11 is 0. The zero-order valence-electron chi connectivity index (χ0n) is 13.5. The van der Waals surface area contributed by atoms with Crippen LogP contribution in [0.15, 0.2) is 89.0 Å². The second-order valence-corrected chi connectivity index (χ2v) is 7.76. The predicted molar refractivity (Wildman–Crippen MR) is 97.2 cm³/mol. The van der Waals surface area contributed by atoms with Gasteiger partial charge >= 0.3 is 0 Å². The molecule has 6 nitrogen and oxygen atoms in total. The van der Waals surface area contributed by atoms with Gasteiger partial charge in [0.05, 0.1) is 11.1 Å². The topological polar surface area (TPSA) is 65.0 Å². The highest BCUT2D eigenvalue weighted by molar-refractivity contribution is 7.90. The van der Waals surface area contributed by atoms with Gasteiger partial charge in [-0.1, -0.05) is 30.3 Å². The third-order valence-corrected chi connectivity index (χ3v) is 5.08. The molecule has 2 aromatic rings. The molecule has 0 unspecified atom stereocenters. The second kappa shape index (κ2) is 5.78.